The van der Waals surface area contributed by atoms with Gasteiger partial charge in [0.2, 0.25) is 0 Å². The van der Waals surface area contributed by atoms with Gasteiger partial charge in [0, 0.05) is 22.9 Å². The van der Waals surface area contributed by atoms with Crippen molar-refractivity contribution in [2.24, 2.45) is 5.16 Å². The van der Waals surface area contributed by atoms with E-state index in [-0.39, 0.29) is 0 Å². The first-order valence-electron chi connectivity index (χ1n) is 9.29. The van der Waals surface area contributed by atoms with Crippen LogP contribution in [0.4, 0.5) is 5.82 Å². The van der Waals surface area contributed by atoms with Crippen LogP contribution < -0.4 is 5.73 Å². The molecule has 0 spiro atoms. The van der Waals surface area contributed by atoms with Crippen molar-refractivity contribution in [3.05, 3.63) is 102 Å². The molecule has 5 aromatic rings. The minimum absolute atomic E-state index is 0.458. The normalized spacial score (nSPS) is 11.9. The van der Waals surface area contributed by atoms with E-state index in [1.807, 2.05) is 71.3 Å². The predicted molar refractivity (Wildman–Crippen MR) is 116 cm³/mol. The van der Waals surface area contributed by atoms with Crippen molar-refractivity contribution in [3.8, 4) is 11.3 Å². The average Bonchev–Trinajstić information content (AvgIpc) is 3.10. The van der Waals surface area contributed by atoms with E-state index in [4.69, 9.17) is 5.73 Å². The molecular weight excluding hydrogens is 360 g/mol. The van der Waals surface area contributed by atoms with Crippen molar-refractivity contribution in [1.29, 1.82) is 0 Å². The van der Waals surface area contributed by atoms with Crippen LogP contribution in [0.5, 0.6) is 0 Å². The van der Waals surface area contributed by atoms with E-state index >= 15 is 0 Å². The van der Waals surface area contributed by atoms with Crippen LogP contribution in [0.3, 0.4) is 0 Å². The Balaban J connectivity index is 1.70. The Morgan fingerprint density at radius 3 is 2.38 bits per heavy atom. The number of fused-ring (bicyclic) bond motifs is 2. The van der Waals surface area contributed by atoms with E-state index in [0.717, 1.165) is 33.4 Å². The molecule has 0 aliphatic heterocycles. The summed E-state index contributed by atoms with van der Waals surface area (Å²) in [6.45, 7) is 0. The second-order valence-electron chi connectivity index (χ2n) is 6.87. The van der Waals surface area contributed by atoms with Crippen molar-refractivity contribution in [2.75, 3.05) is 5.73 Å². The molecule has 5 rings (SSSR count). The maximum atomic E-state index is 9.65. The molecule has 2 aromatic heterocycles. The van der Waals surface area contributed by atoms with E-state index < -0.39 is 0 Å². The molecule has 5 heteroatoms. The van der Waals surface area contributed by atoms with Crippen LogP contribution in [-0.2, 0) is 0 Å². The molecule has 3 N–H and O–H groups in total. The lowest BCUT2D eigenvalue weighted by Gasteiger charge is -2.09. The fraction of sp³-hybridized carbons (Fsp3) is 0. The quantitative estimate of drug-likeness (QED) is 0.265. The monoisotopic (exact) mass is 378 g/mol. The third kappa shape index (κ3) is 2.89. The van der Waals surface area contributed by atoms with Gasteiger partial charge in [-0.15, -0.1) is 0 Å². The third-order valence-corrected chi connectivity index (χ3v) is 5.09. The molecule has 0 saturated heterocycles. The van der Waals surface area contributed by atoms with Gasteiger partial charge in [0.15, 0.2) is 5.82 Å². The first kappa shape index (κ1) is 17.0. The Hall–Kier alpha value is -4.12. The lowest BCUT2D eigenvalue weighted by atomic mass is 10.0. The number of benzene rings is 3. The maximum absolute atomic E-state index is 9.65. The summed E-state index contributed by atoms with van der Waals surface area (Å²) in [6.07, 6.45) is 1.91. The molecular formula is C24H18N4O. The molecule has 3 aromatic carbocycles. The molecule has 0 aliphatic rings. The van der Waals surface area contributed by atoms with Gasteiger partial charge in [-0.05, 0) is 29.0 Å². The highest BCUT2D eigenvalue weighted by molar-refractivity contribution is 6.12. The first-order chi connectivity index (χ1) is 14.2. The molecule has 0 atom stereocenters. The van der Waals surface area contributed by atoms with Crippen molar-refractivity contribution in [1.82, 2.24) is 9.38 Å². The molecule has 140 valence electrons. The molecule has 0 bridgehead atoms. The maximum Gasteiger partial charge on any atom is 0.150 e. The van der Waals surface area contributed by atoms with Gasteiger partial charge in [0.05, 0.1) is 5.69 Å². The van der Waals surface area contributed by atoms with Gasteiger partial charge < -0.3 is 10.9 Å². The number of aromatic nitrogens is 2. The van der Waals surface area contributed by atoms with Gasteiger partial charge in [0.25, 0.3) is 0 Å². The van der Waals surface area contributed by atoms with Crippen LogP contribution >= 0.6 is 0 Å². The number of imidazole rings is 1. The second-order valence-corrected chi connectivity index (χ2v) is 6.87. The Morgan fingerprint density at radius 2 is 1.59 bits per heavy atom. The number of nitrogens with zero attached hydrogens (tertiary/aromatic N) is 3. The minimum Gasteiger partial charge on any atom is -0.410 e. The Bertz CT molecular complexity index is 1370. The summed E-state index contributed by atoms with van der Waals surface area (Å²) in [5.74, 6) is 0.458. The summed E-state index contributed by atoms with van der Waals surface area (Å²) in [4.78, 5) is 4.51. The smallest absolute Gasteiger partial charge is 0.150 e. The fourth-order valence-electron chi connectivity index (χ4n) is 3.70. The Labute approximate surface area is 167 Å². The van der Waals surface area contributed by atoms with Gasteiger partial charge in [-0.25, -0.2) is 4.98 Å². The van der Waals surface area contributed by atoms with Gasteiger partial charge in [-0.2, -0.15) is 0 Å². The highest BCUT2D eigenvalue weighted by Gasteiger charge is 2.15. The number of hydrogen-bond acceptors (Lipinski definition) is 4. The molecule has 0 amide bonds. The number of nitrogen functional groups attached to an aromatic ring is 1. The lowest BCUT2D eigenvalue weighted by Crippen LogP contribution is -2.05. The van der Waals surface area contributed by atoms with Gasteiger partial charge in [-0.1, -0.05) is 71.9 Å². The third-order valence-electron chi connectivity index (χ3n) is 5.09. The largest absolute Gasteiger partial charge is 0.410 e. The van der Waals surface area contributed by atoms with Crippen LogP contribution in [0.2, 0.25) is 0 Å². The van der Waals surface area contributed by atoms with Gasteiger partial charge >= 0.3 is 0 Å². The van der Waals surface area contributed by atoms with Crippen LogP contribution in [0.25, 0.3) is 27.7 Å². The summed E-state index contributed by atoms with van der Waals surface area (Å²) < 4.78 is 1.95. The zero-order valence-corrected chi connectivity index (χ0v) is 15.5. The SMILES string of the molecule is Nc1nc2ccc(/C(=N/O)c3ccccc3)cn2c1-c1ccc2ccccc2c1. The first-order valence-corrected chi connectivity index (χ1v) is 9.29. The number of oxime groups is 1. The number of pyridine rings is 1. The van der Waals surface area contributed by atoms with Gasteiger partial charge in [0.1, 0.15) is 11.4 Å². The zero-order chi connectivity index (χ0) is 19.8. The van der Waals surface area contributed by atoms with Crippen LogP contribution in [0, 0.1) is 0 Å². The molecule has 0 fully saturated rings. The highest BCUT2D eigenvalue weighted by Crippen LogP contribution is 2.30. The number of hydrogen-bond donors (Lipinski definition) is 2. The van der Waals surface area contributed by atoms with E-state index in [9.17, 15) is 5.21 Å². The fourth-order valence-corrected chi connectivity index (χ4v) is 3.70. The number of anilines is 1. The van der Waals surface area contributed by atoms with E-state index in [1.165, 1.54) is 5.39 Å². The zero-order valence-electron chi connectivity index (χ0n) is 15.5. The van der Waals surface area contributed by atoms with E-state index in [0.29, 0.717) is 11.5 Å². The van der Waals surface area contributed by atoms with Crippen molar-refractivity contribution < 1.29 is 5.21 Å². The van der Waals surface area contributed by atoms with Crippen LogP contribution in [-0.4, -0.2) is 20.3 Å². The summed E-state index contributed by atoms with van der Waals surface area (Å²) >= 11 is 0. The summed E-state index contributed by atoms with van der Waals surface area (Å²) in [7, 11) is 0. The highest BCUT2D eigenvalue weighted by atomic mass is 16.4. The molecule has 0 unspecified atom stereocenters. The average molecular weight is 378 g/mol. The molecule has 29 heavy (non-hydrogen) atoms. The summed E-state index contributed by atoms with van der Waals surface area (Å²) in [6, 6.07) is 27.8. The number of rotatable bonds is 3. The molecule has 5 nitrogen and oxygen atoms in total. The van der Waals surface area contributed by atoms with Crippen LogP contribution in [0.1, 0.15) is 11.1 Å². The van der Waals surface area contributed by atoms with Crippen molar-refractivity contribution >= 4 is 27.9 Å². The topological polar surface area (TPSA) is 75.9 Å². The summed E-state index contributed by atoms with van der Waals surface area (Å²) in [5.41, 5.74) is 10.9. The lowest BCUT2D eigenvalue weighted by molar-refractivity contribution is 0.319. The van der Waals surface area contributed by atoms with Crippen molar-refractivity contribution in [3.63, 3.8) is 0 Å². The molecule has 0 radical (unpaired) electrons. The molecule has 0 saturated carbocycles. The molecule has 2 heterocycles. The van der Waals surface area contributed by atoms with E-state index in [2.05, 4.69) is 34.4 Å². The second kappa shape index (κ2) is 6.80. The minimum atomic E-state index is 0.458. The van der Waals surface area contributed by atoms with Crippen molar-refractivity contribution in [2.45, 2.75) is 0 Å². The number of nitrogens with two attached hydrogens (primary N) is 1. The molecule has 0 aliphatic carbocycles. The predicted octanol–water partition coefficient (Wildman–Crippen LogP) is 4.96. The Kier molecular flexibility index (Phi) is 3.99. The van der Waals surface area contributed by atoms with Gasteiger partial charge in [-0.3, -0.25) is 4.40 Å². The standard InChI is InChI=1S/C24H18N4O/c25-24-23(19-11-10-16-6-4-5-9-18(16)14-19)28-15-20(12-13-21(28)26-24)22(27-29)17-7-2-1-3-8-17/h1-15,29H,25H2/b27-22+. The summed E-state index contributed by atoms with van der Waals surface area (Å²) in [5, 5.41) is 15.5. The van der Waals surface area contributed by atoms with Crippen LogP contribution in [0.15, 0.2) is 96.3 Å². The Morgan fingerprint density at radius 1 is 0.828 bits per heavy atom. The van der Waals surface area contributed by atoms with E-state index in [1.54, 1.807) is 0 Å².